The second kappa shape index (κ2) is 6.96. The van der Waals surface area contributed by atoms with E-state index in [-0.39, 0.29) is 0 Å². The van der Waals surface area contributed by atoms with Crippen LogP contribution in [0, 0.1) is 0 Å². The van der Waals surface area contributed by atoms with Crippen molar-refractivity contribution >= 4 is 5.69 Å². The van der Waals surface area contributed by atoms with Gasteiger partial charge in [0.05, 0.1) is 0 Å². The number of nitrogens with zero attached hydrogens (tertiary/aromatic N) is 2. The van der Waals surface area contributed by atoms with Crippen LogP contribution in [0.25, 0.3) is 0 Å². The molecule has 2 aromatic carbocycles. The number of hydrogen-bond donors (Lipinski definition) is 1. The van der Waals surface area contributed by atoms with Gasteiger partial charge in [-0.2, -0.15) is 0 Å². The molecule has 1 unspecified atom stereocenters. The molecule has 2 aromatic rings. The second-order valence-corrected chi connectivity index (χ2v) is 7.15. The first-order valence-electron chi connectivity index (χ1n) is 9.15. The van der Waals surface area contributed by atoms with Crippen LogP contribution in [0.2, 0.25) is 0 Å². The molecule has 0 amide bonds. The van der Waals surface area contributed by atoms with Crippen LogP contribution in [0.15, 0.2) is 48.5 Å². The van der Waals surface area contributed by atoms with Crippen molar-refractivity contribution < 1.29 is 0 Å². The molecule has 3 heteroatoms. The first kappa shape index (κ1) is 15.7. The van der Waals surface area contributed by atoms with E-state index < -0.39 is 0 Å². The van der Waals surface area contributed by atoms with Crippen LogP contribution in [-0.4, -0.2) is 37.1 Å². The zero-order valence-corrected chi connectivity index (χ0v) is 14.5. The highest BCUT2D eigenvalue weighted by Gasteiger charge is 2.23. The molecule has 4 rings (SSSR count). The van der Waals surface area contributed by atoms with Crippen LogP contribution in [0.4, 0.5) is 5.69 Å². The fraction of sp³-hybridized carbons (Fsp3) is 0.429. The number of anilines is 1. The van der Waals surface area contributed by atoms with Gasteiger partial charge in [-0.15, -0.1) is 0 Å². The zero-order valence-electron chi connectivity index (χ0n) is 14.5. The third-order valence-electron chi connectivity index (χ3n) is 5.36. The van der Waals surface area contributed by atoms with Crippen LogP contribution in [0.1, 0.15) is 23.6 Å². The summed E-state index contributed by atoms with van der Waals surface area (Å²) in [6, 6.07) is 18.2. The Bertz CT molecular complexity index is 675. The first-order chi connectivity index (χ1) is 11.8. The number of benzene rings is 2. The number of hydrogen-bond acceptors (Lipinski definition) is 3. The molecule has 1 N–H and O–H groups in total. The van der Waals surface area contributed by atoms with Crippen molar-refractivity contribution in [2.24, 2.45) is 0 Å². The van der Waals surface area contributed by atoms with Gasteiger partial charge < -0.3 is 10.2 Å². The average Bonchev–Trinajstić information content (AvgIpc) is 2.63. The van der Waals surface area contributed by atoms with Gasteiger partial charge in [-0.3, -0.25) is 4.90 Å². The molecule has 1 atom stereocenters. The lowest BCUT2D eigenvalue weighted by atomic mass is 9.94. The number of rotatable bonds is 3. The third kappa shape index (κ3) is 3.33. The second-order valence-electron chi connectivity index (χ2n) is 7.15. The van der Waals surface area contributed by atoms with E-state index in [0.29, 0.717) is 6.04 Å². The van der Waals surface area contributed by atoms with Gasteiger partial charge in [0.15, 0.2) is 0 Å². The minimum absolute atomic E-state index is 0.581. The van der Waals surface area contributed by atoms with E-state index in [4.69, 9.17) is 0 Å². The predicted octanol–water partition coefficient (Wildman–Crippen LogP) is 3.04. The lowest BCUT2D eigenvalue weighted by Gasteiger charge is -2.38. The maximum Gasteiger partial charge on any atom is 0.0403 e. The molecular weight excluding hydrogens is 294 g/mol. The van der Waals surface area contributed by atoms with Crippen molar-refractivity contribution in [3.05, 3.63) is 65.2 Å². The molecule has 126 valence electrons. The standard InChI is InChI=1S/C21H27N3/c1-17-14-20-19(15-22-17)8-5-9-21(20)24-12-10-23(11-13-24)16-18-6-3-2-4-7-18/h2-9,17,22H,10-16H2,1H3. The summed E-state index contributed by atoms with van der Waals surface area (Å²) in [4.78, 5) is 5.17. The van der Waals surface area contributed by atoms with E-state index in [2.05, 4.69) is 70.6 Å². The molecule has 2 aliphatic rings. The molecule has 0 saturated carbocycles. The van der Waals surface area contributed by atoms with Gasteiger partial charge in [-0.05, 0) is 36.1 Å². The molecule has 0 spiro atoms. The van der Waals surface area contributed by atoms with Crippen LogP contribution in [-0.2, 0) is 19.5 Å². The molecule has 2 aliphatic heterocycles. The molecule has 1 saturated heterocycles. The maximum absolute atomic E-state index is 3.58. The normalized spacial score (nSPS) is 21.5. The van der Waals surface area contributed by atoms with E-state index in [9.17, 15) is 0 Å². The molecule has 2 heterocycles. The van der Waals surface area contributed by atoms with Crippen molar-refractivity contribution in [2.45, 2.75) is 32.5 Å². The minimum Gasteiger partial charge on any atom is -0.369 e. The van der Waals surface area contributed by atoms with E-state index in [0.717, 1.165) is 45.7 Å². The van der Waals surface area contributed by atoms with Gasteiger partial charge in [0, 0.05) is 51.0 Å². The van der Waals surface area contributed by atoms with Crippen molar-refractivity contribution in [3.8, 4) is 0 Å². The van der Waals surface area contributed by atoms with Gasteiger partial charge >= 0.3 is 0 Å². The molecule has 1 fully saturated rings. The summed E-state index contributed by atoms with van der Waals surface area (Å²) in [5.41, 5.74) is 5.95. The highest BCUT2D eigenvalue weighted by atomic mass is 15.3. The van der Waals surface area contributed by atoms with Crippen LogP contribution in [0.3, 0.4) is 0 Å². The van der Waals surface area contributed by atoms with Crippen LogP contribution >= 0.6 is 0 Å². The Morgan fingerprint density at radius 1 is 0.958 bits per heavy atom. The molecule has 3 nitrogen and oxygen atoms in total. The van der Waals surface area contributed by atoms with Crippen molar-refractivity contribution in [1.29, 1.82) is 0 Å². The molecule has 0 radical (unpaired) electrons. The average molecular weight is 321 g/mol. The van der Waals surface area contributed by atoms with Crippen LogP contribution < -0.4 is 10.2 Å². The summed E-state index contributed by atoms with van der Waals surface area (Å²) in [6.45, 7) is 8.92. The first-order valence-corrected chi connectivity index (χ1v) is 9.15. The van der Waals surface area contributed by atoms with Crippen LogP contribution in [0.5, 0.6) is 0 Å². The maximum atomic E-state index is 3.58. The monoisotopic (exact) mass is 321 g/mol. The van der Waals surface area contributed by atoms with Crippen molar-refractivity contribution in [2.75, 3.05) is 31.1 Å². The number of piperazine rings is 1. The third-order valence-corrected chi connectivity index (χ3v) is 5.36. The van der Waals surface area contributed by atoms with E-state index in [1.807, 2.05) is 0 Å². The van der Waals surface area contributed by atoms with Gasteiger partial charge in [0.25, 0.3) is 0 Å². The summed E-state index contributed by atoms with van der Waals surface area (Å²) in [6.07, 6.45) is 1.15. The van der Waals surface area contributed by atoms with Crippen molar-refractivity contribution in [3.63, 3.8) is 0 Å². The fourth-order valence-electron chi connectivity index (χ4n) is 3.97. The van der Waals surface area contributed by atoms with Gasteiger partial charge in [-0.1, -0.05) is 42.5 Å². The number of fused-ring (bicyclic) bond motifs is 1. The highest BCUT2D eigenvalue weighted by Crippen LogP contribution is 2.29. The summed E-state index contributed by atoms with van der Waals surface area (Å²) < 4.78 is 0. The lowest BCUT2D eigenvalue weighted by Crippen LogP contribution is -2.46. The largest absolute Gasteiger partial charge is 0.369 e. The van der Waals surface area contributed by atoms with Gasteiger partial charge in [-0.25, -0.2) is 0 Å². The Morgan fingerprint density at radius 2 is 1.75 bits per heavy atom. The molecule has 0 bridgehead atoms. The van der Waals surface area contributed by atoms with Gasteiger partial charge in [0.1, 0.15) is 0 Å². The topological polar surface area (TPSA) is 18.5 Å². The summed E-state index contributed by atoms with van der Waals surface area (Å²) in [7, 11) is 0. The van der Waals surface area contributed by atoms with Crippen molar-refractivity contribution in [1.82, 2.24) is 10.2 Å². The quantitative estimate of drug-likeness (QED) is 0.937. The van der Waals surface area contributed by atoms with E-state index in [1.54, 1.807) is 5.56 Å². The lowest BCUT2D eigenvalue weighted by molar-refractivity contribution is 0.249. The van der Waals surface area contributed by atoms with E-state index in [1.165, 1.54) is 16.8 Å². The Morgan fingerprint density at radius 3 is 2.54 bits per heavy atom. The summed E-state index contributed by atoms with van der Waals surface area (Å²) in [5.74, 6) is 0. The summed E-state index contributed by atoms with van der Waals surface area (Å²) >= 11 is 0. The summed E-state index contributed by atoms with van der Waals surface area (Å²) in [5, 5.41) is 3.58. The smallest absolute Gasteiger partial charge is 0.0403 e. The Kier molecular flexibility index (Phi) is 4.54. The highest BCUT2D eigenvalue weighted by molar-refractivity contribution is 5.58. The fourth-order valence-corrected chi connectivity index (χ4v) is 3.97. The number of nitrogens with one attached hydrogen (secondary N) is 1. The minimum atomic E-state index is 0.581. The Hall–Kier alpha value is -1.84. The molecule has 24 heavy (non-hydrogen) atoms. The SMILES string of the molecule is CC1Cc2c(cccc2N2CCN(Cc3ccccc3)CC2)CN1. The molecule has 0 aromatic heterocycles. The zero-order chi connectivity index (χ0) is 16.4. The molecular formula is C21H27N3. The molecule has 0 aliphatic carbocycles. The Labute approximate surface area is 145 Å². The predicted molar refractivity (Wildman–Crippen MR) is 100 cm³/mol. The Balaban J connectivity index is 1.43. The van der Waals surface area contributed by atoms with E-state index >= 15 is 0 Å². The van der Waals surface area contributed by atoms with Gasteiger partial charge in [0.2, 0.25) is 0 Å².